The Labute approximate surface area is 231 Å². The summed E-state index contributed by atoms with van der Waals surface area (Å²) in [7, 11) is 0. The van der Waals surface area contributed by atoms with Gasteiger partial charge in [-0.15, -0.1) is 0 Å². The van der Waals surface area contributed by atoms with Crippen LogP contribution in [0.3, 0.4) is 0 Å². The van der Waals surface area contributed by atoms with Gasteiger partial charge in [0.15, 0.2) is 0 Å². The summed E-state index contributed by atoms with van der Waals surface area (Å²) < 4.78 is 45.5. The van der Waals surface area contributed by atoms with Crippen molar-refractivity contribution >= 4 is 46.7 Å². The number of rotatable bonds is 5. The smallest absolute Gasteiger partial charge is 0.475 e. The van der Waals surface area contributed by atoms with E-state index in [4.69, 9.17) is 33.1 Å². The Kier molecular flexibility index (Phi) is 9.68. The van der Waals surface area contributed by atoms with Crippen molar-refractivity contribution in [3.63, 3.8) is 0 Å². The van der Waals surface area contributed by atoms with Gasteiger partial charge in [-0.1, -0.05) is 29.3 Å². The second-order valence-corrected chi connectivity index (χ2v) is 10.0. The van der Waals surface area contributed by atoms with Gasteiger partial charge in [-0.2, -0.15) is 13.2 Å². The number of hydrogen-bond donors (Lipinski definition) is 3. The zero-order chi connectivity index (χ0) is 29.0. The van der Waals surface area contributed by atoms with Crippen molar-refractivity contribution in [1.82, 2.24) is 15.5 Å². The monoisotopic (exact) mass is 592 g/mol. The Bertz CT molecular complexity index is 1220. The number of nitrogens with one attached hydrogen (secondary N) is 2. The zero-order valence-corrected chi connectivity index (χ0v) is 22.2. The van der Waals surface area contributed by atoms with Crippen LogP contribution < -0.4 is 15.5 Å². The lowest BCUT2D eigenvalue weighted by molar-refractivity contribution is -0.192. The molecular weight excluding hydrogens is 567 g/mol. The Hall–Kier alpha value is -3.09. The van der Waals surface area contributed by atoms with Crippen molar-refractivity contribution in [2.24, 2.45) is 0 Å². The maximum absolute atomic E-state index is 13.8. The topological polar surface area (TPSA) is 102 Å². The molecule has 2 saturated heterocycles. The molecule has 0 aromatic heterocycles. The summed E-state index contributed by atoms with van der Waals surface area (Å²) in [4.78, 5) is 38.4. The Morgan fingerprint density at radius 3 is 2.33 bits per heavy atom. The summed E-state index contributed by atoms with van der Waals surface area (Å²) >= 11 is 11.9. The average molecular weight is 593 g/mol. The Morgan fingerprint density at radius 2 is 1.77 bits per heavy atom. The molecule has 2 aliphatic heterocycles. The molecule has 0 saturated carbocycles. The first kappa shape index (κ1) is 30.5. The van der Waals surface area contributed by atoms with Crippen molar-refractivity contribution in [3.05, 3.63) is 63.9 Å². The number of alkyl halides is 3. The van der Waals surface area contributed by atoms with Gasteiger partial charge in [0.05, 0.1) is 16.7 Å². The molecule has 1 atom stereocenters. The molecule has 3 N–H and O–H groups in total. The summed E-state index contributed by atoms with van der Waals surface area (Å²) in [6.07, 6.45) is -3.83. The maximum atomic E-state index is 13.8. The van der Waals surface area contributed by atoms with Crippen LogP contribution in [0.25, 0.3) is 0 Å². The number of benzene rings is 2. The molecule has 2 aliphatic rings. The van der Waals surface area contributed by atoms with Crippen molar-refractivity contribution in [2.75, 3.05) is 31.2 Å². The minimum Gasteiger partial charge on any atom is -0.475 e. The highest BCUT2D eigenvalue weighted by atomic mass is 35.5. The molecule has 39 heavy (non-hydrogen) atoms. The quantitative estimate of drug-likeness (QED) is 0.447. The van der Waals surface area contributed by atoms with Crippen LogP contribution in [0, 0.1) is 5.82 Å². The van der Waals surface area contributed by atoms with Crippen LogP contribution in [-0.4, -0.2) is 71.9 Å². The van der Waals surface area contributed by atoms with Gasteiger partial charge in [-0.05, 0) is 56.2 Å². The second kappa shape index (κ2) is 12.4. The molecule has 0 unspecified atom stereocenters. The average Bonchev–Trinajstić information content (AvgIpc) is 3.17. The highest BCUT2D eigenvalue weighted by Gasteiger charge is 2.50. The van der Waals surface area contributed by atoms with Crippen LogP contribution >= 0.6 is 23.2 Å². The van der Waals surface area contributed by atoms with E-state index in [0.717, 1.165) is 0 Å². The number of anilines is 1. The van der Waals surface area contributed by atoms with E-state index in [-0.39, 0.29) is 23.7 Å². The normalized spacial score (nSPS) is 17.7. The lowest BCUT2D eigenvalue weighted by atomic mass is 9.85. The van der Waals surface area contributed by atoms with E-state index >= 15 is 0 Å². The number of amides is 2. The van der Waals surface area contributed by atoms with Crippen LogP contribution in [0.1, 0.15) is 30.1 Å². The zero-order valence-electron chi connectivity index (χ0n) is 20.7. The fourth-order valence-corrected chi connectivity index (χ4v) is 4.85. The van der Waals surface area contributed by atoms with Gasteiger partial charge in [-0.3, -0.25) is 9.59 Å². The Morgan fingerprint density at radius 1 is 1.13 bits per heavy atom. The van der Waals surface area contributed by atoms with Gasteiger partial charge < -0.3 is 25.5 Å². The number of aliphatic carboxylic acids is 1. The van der Waals surface area contributed by atoms with E-state index in [2.05, 4.69) is 15.5 Å². The van der Waals surface area contributed by atoms with E-state index in [1.165, 1.54) is 12.1 Å². The molecule has 0 aliphatic carbocycles. The predicted octanol–water partition coefficient (Wildman–Crippen LogP) is 4.31. The third-order valence-corrected chi connectivity index (χ3v) is 7.21. The molecule has 1 spiro atoms. The Balaban J connectivity index is 0.000000532. The first-order valence-electron chi connectivity index (χ1n) is 11.8. The van der Waals surface area contributed by atoms with Gasteiger partial charge in [-0.25, -0.2) is 9.18 Å². The predicted molar refractivity (Wildman–Crippen MR) is 137 cm³/mol. The van der Waals surface area contributed by atoms with Gasteiger partial charge in [0.1, 0.15) is 11.4 Å². The van der Waals surface area contributed by atoms with Crippen LogP contribution in [0.2, 0.25) is 10.0 Å². The number of piperidine rings is 1. The fraction of sp³-hybridized carbons (Fsp3) is 0.400. The molecule has 2 fully saturated rings. The molecule has 2 amide bonds. The summed E-state index contributed by atoms with van der Waals surface area (Å²) in [5, 5.41) is 13.8. The minimum atomic E-state index is -5.08. The summed E-state index contributed by atoms with van der Waals surface area (Å²) in [5.74, 6) is -3.30. The first-order valence-corrected chi connectivity index (χ1v) is 12.6. The largest absolute Gasteiger partial charge is 0.490 e. The molecule has 212 valence electrons. The van der Waals surface area contributed by atoms with E-state index in [1.54, 1.807) is 24.3 Å². The number of likely N-dealkylation sites (tertiary alicyclic amines) is 1. The number of halogens is 6. The maximum Gasteiger partial charge on any atom is 0.490 e. The van der Waals surface area contributed by atoms with Crippen LogP contribution in [-0.2, 0) is 9.59 Å². The third kappa shape index (κ3) is 7.52. The number of carbonyl (C=O) groups excluding carboxylic acids is 2. The standard InChI is InChI=1S/C23H25Cl2FN4O2.C2HF3O2/c1-15(28-21(31)16-5-6-19(24)20(25)11-16)13-29-9-7-23(8-10-29)22(32)27-14-30(23)18-4-2-3-17(26)12-18;3-2(4,5)1(6)7/h2-6,11-12,15H,7-10,13-14H2,1H3,(H,27,32)(H,28,31);(H,6,7)/t15-;/m1./s1. The van der Waals surface area contributed by atoms with Gasteiger partial charge >= 0.3 is 12.1 Å². The number of carboxylic acid groups (broad SMARTS) is 1. The van der Waals surface area contributed by atoms with E-state index in [9.17, 15) is 27.2 Å². The summed E-state index contributed by atoms with van der Waals surface area (Å²) in [6.45, 7) is 4.38. The number of carboxylic acids is 1. The second-order valence-electron chi connectivity index (χ2n) is 9.21. The fourth-order valence-electron chi connectivity index (χ4n) is 4.55. The molecule has 2 aromatic carbocycles. The van der Waals surface area contributed by atoms with Crippen LogP contribution in [0.4, 0.5) is 23.2 Å². The number of carbonyl (C=O) groups is 3. The molecule has 2 aromatic rings. The number of nitrogens with zero attached hydrogens (tertiary/aromatic N) is 2. The third-order valence-electron chi connectivity index (χ3n) is 6.47. The number of hydrogen-bond acceptors (Lipinski definition) is 5. The van der Waals surface area contributed by atoms with Crippen molar-refractivity contribution in [3.8, 4) is 0 Å². The lowest BCUT2D eigenvalue weighted by Crippen LogP contribution is -2.57. The summed E-state index contributed by atoms with van der Waals surface area (Å²) in [5.41, 5.74) is 0.493. The SMILES string of the molecule is C[C@H](CN1CCC2(CC1)C(=O)NCN2c1cccc(F)c1)NC(=O)c1ccc(Cl)c(Cl)c1.O=C(O)C(F)(F)F. The van der Waals surface area contributed by atoms with Crippen molar-refractivity contribution in [2.45, 2.75) is 37.5 Å². The molecule has 2 heterocycles. The highest BCUT2D eigenvalue weighted by Crippen LogP contribution is 2.36. The molecule has 0 bridgehead atoms. The first-order chi connectivity index (χ1) is 18.2. The van der Waals surface area contributed by atoms with Gasteiger partial charge in [0.25, 0.3) is 5.91 Å². The molecule has 8 nitrogen and oxygen atoms in total. The molecule has 4 rings (SSSR count). The minimum absolute atomic E-state index is 0.0117. The highest BCUT2D eigenvalue weighted by molar-refractivity contribution is 6.42. The lowest BCUT2D eigenvalue weighted by Gasteiger charge is -2.43. The van der Waals surface area contributed by atoms with Gasteiger partial charge in [0.2, 0.25) is 5.91 Å². The summed E-state index contributed by atoms with van der Waals surface area (Å²) in [6, 6.07) is 11.1. The van der Waals surface area contributed by atoms with Crippen molar-refractivity contribution < 1.29 is 37.1 Å². The molecular formula is C25H26Cl2F4N4O4. The van der Waals surface area contributed by atoms with Crippen LogP contribution in [0.5, 0.6) is 0 Å². The van der Waals surface area contributed by atoms with Crippen LogP contribution in [0.15, 0.2) is 42.5 Å². The van der Waals surface area contributed by atoms with Crippen molar-refractivity contribution in [1.29, 1.82) is 0 Å². The van der Waals surface area contributed by atoms with E-state index < -0.39 is 17.7 Å². The van der Waals surface area contributed by atoms with E-state index in [0.29, 0.717) is 60.4 Å². The molecule has 0 radical (unpaired) electrons. The van der Waals surface area contributed by atoms with Gasteiger partial charge in [0, 0.05) is 36.9 Å². The molecule has 14 heteroatoms. The van der Waals surface area contributed by atoms with E-state index in [1.807, 2.05) is 17.9 Å².